The van der Waals surface area contributed by atoms with Gasteiger partial charge in [0.05, 0.1) is 11.5 Å². The van der Waals surface area contributed by atoms with Crippen LogP contribution in [-0.4, -0.2) is 20.2 Å². The molecule has 0 fully saturated rings. The first-order chi connectivity index (χ1) is 12.8. The van der Waals surface area contributed by atoms with Gasteiger partial charge in [0.2, 0.25) is 0 Å². The molecule has 27 heavy (non-hydrogen) atoms. The van der Waals surface area contributed by atoms with Gasteiger partial charge in [0.15, 0.2) is 0 Å². The maximum atomic E-state index is 9.50. The van der Waals surface area contributed by atoms with Crippen LogP contribution in [-0.2, 0) is 19.5 Å². The Balaban J connectivity index is 0.000000187. The van der Waals surface area contributed by atoms with Gasteiger partial charge in [-0.25, -0.2) is 0 Å². The van der Waals surface area contributed by atoms with E-state index in [2.05, 4.69) is 22.1 Å². The Morgan fingerprint density at radius 3 is 1.33 bits per heavy atom. The summed E-state index contributed by atoms with van der Waals surface area (Å²) in [6.45, 7) is 0. The molecule has 2 aromatic heterocycles. The van der Waals surface area contributed by atoms with Crippen molar-refractivity contribution in [3.8, 4) is 34.0 Å². The van der Waals surface area contributed by atoms with E-state index < -0.39 is 0 Å². The van der Waals surface area contributed by atoms with Crippen LogP contribution in [0.1, 0.15) is 0 Å². The molecule has 0 aliphatic rings. The van der Waals surface area contributed by atoms with Gasteiger partial charge in [0.25, 0.3) is 0 Å². The smallest absolute Gasteiger partial charge is 0.520 e. The number of para-hydroxylation sites is 2. The van der Waals surface area contributed by atoms with Crippen molar-refractivity contribution in [3.05, 3.63) is 97.3 Å². The topological polar surface area (TPSA) is 66.2 Å². The predicted octanol–water partition coefficient (Wildman–Crippen LogP) is 4.51. The quantitative estimate of drug-likeness (QED) is 0.380. The third-order valence-electron chi connectivity index (χ3n) is 3.53. The van der Waals surface area contributed by atoms with Crippen molar-refractivity contribution in [1.82, 2.24) is 9.97 Å². The van der Waals surface area contributed by atoms with Crippen molar-refractivity contribution in [2.45, 2.75) is 0 Å². The Morgan fingerprint density at radius 2 is 1.00 bits per heavy atom. The minimum absolute atomic E-state index is 0. The van der Waals surface area contributed by atoms with Crippen LogP contribution in [0.15, 0.2) is 85.2 Å². The molecular weight excluding hydrogens is 390 g/mol. The molecule has 0 aliphatic heterocycles. The molecule has 0 saturated heterocycles. The Labute approximate surface area is 171 Å². The molecule has 0 bridgehead atoms. The van der Waals surface area contributed by atoms with Crippen LogP contribution in [0.4, 0.5) is 0 Å². The number of nitrogens with zero attached hydrogens (tertiary/aromatic N) is 2. The van der Waals surface area contributed by atoms with Crippen LogP contribution in [0.2, 0.25) is 0 Å². The van der Waals surface area contributed by atoms with Crippen LogP contribution in [0.5, 0.6) is 11.5 Å². The zero-order valence-electron chi connectivity index (χ0n) is 14.6. The second kappa shape index (κ2) is 10.2. The molecule has 5 heteroatoms. The van der Waals surface area contributed by atoms with E-state index in [0.29, 0.717) is 22.5 Å². The van der Waals surface area contributed by atoms with Crippen molar-refractivity contribution >= 4 is 0 Å². The molecule has 2 aromatic carbocycles. The first kappa shape index (κ1) is 20.3. The molecule has 0 saturated carbocycles. The summed E-state index contributed by atoms with van der Waals surface area (Å²) in [4.78, 5) is 8.19. The fourth-order valence-corrected chi connectivity index (χ4v) is 2.29. The standard InChI is InChI=1S/2C11H8NO.Zn/c2*13-11-7-2-1-5-9(11)10-6-3-4-8-12-10;/h2*1-5,7-8,13H;/q2*-1;+2. The number of hydrogen-bond acceptors (Lipinski definition) is 4. The van der Waals surface area contributed by atoms with Crippen molar-refractivity contribution in [2.75, 3.05) is 0 Å². The minimum Gasteiger partial charge on any atom is -0.520 e. The predicted molar refractivity (Wildman–Crippen MR) is 100 cm³/mol. The molecule has 0 aliphatic carbocycles. The van der Waals surface area contributed by atoms with Crippen molar-refractivity contribution in [1.29, 1.82) is 0 Å². The van der Waals surface area contributed by atoms with Crippen LogP contribution in [0.3, 0.4) is 0 Å². The first-order valence-corrected chi connectivity index (χ1v) is 7.98. The largest absolute Gasteiger partial charge is 2.00 e. The monoisotopic (exact) mass is 404 g/mol. The Hall–Kier alpha value is -3.04. The summed E-state index contributed by atoms with van der Waals surface area (Å²) < 4.78 is 0. The summed E-state index contributed by atoms with van der Waals surface area (Å²) in [7, 11) is 0. The van der Waals surface area contributed by atoms with Gasteiger partial charge in [-0.1, -0.05) is 35.4 Å². The van der Waals surface area contributed by atoms with E-state index in [-0.39, 0.29) is 31.0 Å². The zero-order valence-corrected chi connectivity index (χ0v) is 17.5. The molecule has 4 aromatic rings. The van der Waals surface area contributed by atoms with Crippen LogP contribution in [0.25, 0.3) is 22.5 Å². The summed E-state index contributed by atoms with van der Waals surface area (Å²) in [5, 5.41) is 19.0. The van der Waals surface area contributed by atoms with Crippen molar-refractivity contribution < 1.29 is 29.7 Å². The molecular formula is C22H16N2O2Zn. The summed E-state index contributed by atoms with van der Waals surface area (Å²) in [5.41, 5.74) is 2.76. The Bertz CT molecular complexity index is 883. The Kier molecular flexibility index (Phi) is 7.66. The first-order valence-electron chi connectivity index (χ1n) is 7.98. The summed E-state index contributed by atoms with van der Waals surface area (Å²) in [6, 6.07) is 27.2. The van der Waals surface area contributed by atoms with E-state index >= 15 is 0 Å². The molecule has 0 spiro atoms. The van der Waals surface area contributed by atoms with Gasteiger partial charge in [-0.15, -0.1) is 24.3 Å². The van der Waals surface area contributed by atoms with E-state index in [1.807, 2.05) is 24.3 Å². The van der Waals surface area contributed by atoms with E-state index in [9.17, 15) is 10.2 Å². The number of phenols is 2. The summed E-state index contributed by atoms with van der Waals surface area (Å²) in [6.07, 6.45) is 3.36. The van der Waals surface area contributed by atoms with E-state index in [1.54, 1.807) is 60.9 Å². The van der Waals surface area contributed by atoms with Gasteiger partial charge in [0.1, 0.15) is 0 Å². The van der Waals surface area contributed by atoms with Crippen LogP contribution >= 0.6 is 0 Å². The van der Waals surface area contributed by atoms with E-state index in [1.165, 1.54) is 0 Å². The molecule has 2 heterocycles. The number of aromatic nitrogens is 2. The molecule has 2 N–H and O–H groups in total. The number of pyridine rings is 2. The van der Waals surface area contributed by atoms with Gasteiger partial charge in [0, 0.05) is 0 Å². The molecule has 0 amide bonds. The molecule has 128 valence electrons. The third-order valence-corrected chi connectivity index (χ3v) is 3.53. The molecule has 4 nitrogen and oxygen atoms in total. The maximum Gasteiger partial charge on any atom is 2.00 e. The van der Waals surface area contributed by atoms with Crippen LogP contribution in [0, 0.1) is 12.1 Å². The van der Waals surface area contributed by atoms with Crippen molar-refractivity contribution in [3.63, 3.8) is 0 Å². The number of phenolic OH excluding ortho intramolecular Hbond substituents is 2. The van der Waals surface area contributed by atoms with Gasteiger partial charge >= 0.3 is 19.5 Å². The molecule has 0 atom stereocenters. The average Bonchev–Trinajstić information content (AvgIpc) is 2.71. The minimum atomic E-state index is 0. The molecule has 0 radical (unpaired) electrons. The van der Waals surface area contributed by atoms with Gasteiger partial charge in [-0.2, -0.15) is 24.3 Å². The zero-order chi connectivity index (χ0) is 18.2. The second-order valence-corrected chi connectivity index (χ2v) is 5.29. The van der Waals surface area contributed by atoms with Crippen LogP contribution < -0.4 is 0 Å². The van der Waals surface area contributed by atoms with Gasteiger partial charge < -0.3 is 10.2 Å². The fraction of sp³-hybridized carbons (Fsp3) is 0. The fourth-order valence-electron chi connectivity index (χ4n) is 2.29. The maximum absolute atomic E-state index is 9.50. The molecule has 0 unspecified atom stereocenters. The van der Waals surface area contributed by atoms with Gasteiger partial charge in [-0.3, -0.25) is 9.97 Å². The third kappa shape index (κ3) is 5.47. The SMILES string of the molecule is Oc1ccccc1-c1[c-]cccn1.Oc1ccccc1-c1[c-]cccn1.[Zn+2]. The Morgan fingerprint density at radius 1 is 0.593 bits per heavy atom. The summed E-state index contributed by atoms with van der Waals surface area (Å²) in [5.74, 6) is 0.468. The number of aromatic hydroxyl groups is 2. The summed E-state index contributed by atoms with van der Waals surface area (Å²) >= 11 is 0. The number of rotatable bonds is 2. The number of hydrogen-bond donors (Lipinski definition) is 2. The van der Waals surface area contributed by atoms with Crippen molar-refractivity contribution in [2.24, 2.45) is 0 Å². The second-order valence-electron chi connectivity index (χ2n) is 5.29. The molecule has 4 rings (SSSR count). The van der Waals surface area contributed by atoms with E-state index in [4.69, 9.17) is 0 Å². The average molecular weight is 406 g/mol. The normalized spacial score (nSPS) is 9.48. The van der Waals surface area contributed by atoms with Gasteiger partial charge in [-0.05, 0) is 35.9 Å². The van der Waals surface area contributed by atoms with E-state index in [0.717, 1.165) is 0 Å². The number of benzene rings is 2.